The maximum absolute atomic E-state index is 13.6. The highest BCUT2D eigenvalue weighted by Gasteiger charge is 2.19. The summed E-state index contributed by atoms with van der Waals surface area (Å²) in [5, 5.41) is -0.199. The summed E-state index contributed by atoms with van der Waals surface area (Å²) >= 11 is 0. The van der Waals surface area contributed by atoms with Gasteiger partial charge in [-0.25, -0.2) is 13.8 Å². The number of hydrogen-bond acceptors (Lipinski definition) is 3. The molecule has 8 heteroatoms. The van der Waals surface area contributed by atoms with Gasteiger partial charge >= 0.3 is 0 Å². The minimum atomic E-state index is -4.03. The molecule has 1 aromatic heterocycles. The molecule has 2 rings (SSSR count). The van der Waals surface area contributed by atoms with Crippen molar-refractivity contribution in [1.82, 2.24) is 9.97 Å². The van der Waals surface area contributed by atoms with Crippen LogP contribution in [0.5, 0.6) is 0 Å². The molecule has 2 N–H and O–H groups in total. The maximum atomic E-state index is 13.6. The number of anilines is 1. The summed E-state index contributed by atoms with van der Waals surface area (Å²) in [6.45, 7) is 3.19. The van der Waals surface area contributed by atoms with Gasteiger partial charge in [0.2, 0.25) is 0 Å². The van der Waals surface area contributed by atoms with Gasteiger partial charge in [-0.2, -0.15) is 8.42 Å². The van der Waals surface area contributed by atoms with Crippen molar-refractivity contribution >= 4 is 15.7 Å². The number of H-pyrrole nitrogens is 1. The zero-order chi connectivity index (χ0) is 14.9. The molecule has 0 aliphatic heterocycles. The van der Waals surface area contributed by atoms with Crippen molar-refractivity contribution in [3.63, 3.8) is 0 Å². The summed E-state index contributed by atoms with van der Waals surface area (Å²) in [5.41, 5.74) is -0.346. The number of imidazole rings is 1. The van der Waals surface area contributed by atoms with Gasteiger partial charge in [-0.05, 0) is 18.6 Å². The molecule has 0 atom stereocenters. The first kappa shape index (κ1) is 14.4. The van der Waals surface area contributed by atoms with Gasteiger partial charge in [0.05, 0.1) is 11.9 Å². The Morgan fingerprint density at radius 2 is 2.00 bits per heavy atom. The maximum Gasteiger partial charge on any atom is 0.279 e. The monoisotopic (exact) mass is 301 g/mol. The van der Waals surface area contributed by atoms with E-state index >= 15 is 0 Å². The number of benzene rings is 1. The Labute approximate surface area is 115 Å². The van der Waals surface area contributed by atoms with Crippen molar-refractivity contribution < 1.29 is 17.2 Å². The van der Waals surface area contributed by atoms with E-state index in [9.17, 15) is 17.2 Å². The van der Waals surface area contributed by atoms with Crippen LogP contribution in [0.15, 0.2) is 23.4 Å². The molecule has 2 aromatic rings. The van der Waals surface area contributed by atoms with Crippen LogP contribution in [0.2, 0.25) is 0 Å². The Morgan fingerprint density at radius 1 is 1.30 bits per heavy atom. The van der Waals surface area contributed by atoms with Crippen LogP contribution in [0.25, 0.3) is 0 Å². The third-order valence-electron chi connectivity index (χ3n) is 2.72. The van der Waals surface area contributed by atoms with Crippen LogP contribution in [0.1, 0.15) is 18.3 Å². The Balaban J connectivity index is 2.35. The lowest BCUT2D eigenvalue weighted by atomic mass is 10.2. The predicted octanol–water partition coefficient (Wildman–Crippen LogP) is 2.36. The van der Waals surface area contributed by atoms with Gasteiger partial charge in [-0.15, -0.1) is 0 Å². The second-order valence-electron chi connectivity index (χ2n) is 4.23. The van der Waals surface area contributed by atoms with Gasteiger partial charge < -0.3 is 4.98 Å². The van der Waals surface area contributed by atoms with Crippen molar-refractivity contribution in [3.8, 4) is 0 Å². The van der Waals surface area contributed by atoms with Crippen LogP contribution in [-0.4, -0.2) is 18.4 Å². The Bertz CT molecular complexity index is 741. The number of aromatic nitrogens is 2. The number of halogens is 2. The third-order valence-corrected chi connectivity index (χ3v) is 4.00. The minimum Gasteiger partial charge on any atom is -0.332 e. The van der Waals surface area contributed by atoms with E-state index < -0.39 is 27.3 Å². The first-order chi connectivity index (χ1) is 9.33. The number of hydrogen-bond donors (Lipinski definition) is 2. The summed E-state index contributed by atoms with van der Waals surface area (Å²) in [6.07, 6.45) is 1.66. The Kier molecular flexibility index (Phi) is 3.76. The van der Waals surface area contributed by atoms with Gasteiger partial charge in [-0.1, -0.05) is 6.92 Å². The minimum absolute atomic E-state index is 0.0975. The van der Waals surface area contributed by atoms with Gasteiger partial charge in [0.25, 0.3) is 10.0 Å². The molecular formula is C12H13F2N3O2S. The van der Waals surface area contributed by atoms with Crippen LogP contribution >= 0.6 is 0 Å². The number of aryl methyl sites for hydroxylation is 2. The summed E-state index contributed by atoms with van der Waals surface area (Å²) in [6, 6.07) is 1.73. The topological polar surface area (TPSA) is 74.8 Å². The lowest BCUT2D eigenvalue weighted by Gasteiger charge is -2.08. The molecule has 0 bridgehead atoms. The number of nitrogens with zero attached hydrogens (tertiary/aromatic N) is 1. The molecule has 0 aliphatic rings. The summed E-state index contributed by atoms with van der Waals surface area (Å²) in [7, 11) is -4.03. The number of nitrogens with one attached hydrogen (secondary N) is 2. The second kappa shape index (κ2) is 5.20. The molecule has 0 saturated carbocycles. The molecule has 0 radical (unpaired) electrons. The first-order valence-electron chi connectivity index (χ1n) is 5.86. The molecular weight excluding hydrogens is 288 g/mol. The van der Waals surface area contributed by atoms with Crippen molar-refractivity contribution in [2.75, 3.05) is 4.72 Å². The average Bonchev–Trinajstić information content (AvgIpc) is 2.85. The Morgan fingerprint density at radius 3 is 2.60 bits per heavy atom. The molecule has 108 valence electrons. The molecule has 0 fully saturated rings. The highest BCUT2D eigenvalue weighted by atomic mass is 32.2. The average molecular weight is 301 g/mol. The van der Waals surface area contributed by atoms with E-state index in [4.69, 9.17) is 0 Å². The van der Waals surface area contributed by atoms with E-state index in [1.54, 1.807) is 6.92 Å². The molecule has 20 heavy (non-hydrogen) atoms. The largest absolute Gasteiger partial charge is 0.332 e. The van der Waals surface area contributed by atoms with Gasteiger partial charge in [0.1, 0.15) is 17.5 Å². The van der Waals surface area contributed by atoms with Crippen molar-refractivity contribution in [1.29, 1.82) is 0 Å². The molecule has 5 nitrogen and oxygen atoms in total. The fourth-order valence-corrected chi connectivity index (χ4v) is 2.58. The normalized spacial score (nSPS) is 11.6. The standard InChI is InChI=1S/C12H13F2N3O2S/c1-3-11-15-6-12(16-11)20(18,19)17-10-5-8(13)7(2)4-9(10)14/h4-6,17H,3H2,1-2H3,(H,15,16). The Hall–Kier alpha value is -1.96. The van der Waals surface area contributed by atoms with E-state index in [2.05, 4.69) is 9.97 Å². The van der Waals surface area contributed by atoms with E-state index in [1.807, 2.05) is 4.72 Å². The summed E-state index contributed by atoms with van der Waals surface area (Å²) < 4.78 is 53.0. The number of sulfonamides is 1. The lowest BCUT2D eigenvalue weighted by Crippen LogP contribution is -2.15. The zero-order valence-corrected chi connectivity index (χ0v) is 11.7. The SMILES string of the molecule is CCc1ncc(S(=O)(=O)Nc2cc(F)c(C)cc2F)[nH]1. The van der Waals surface area contributed by atoms with E-state index in [-0.39, 0.29) is 10.6 Å². The molecule has 0 amide bonds. The highest BCUT2D eigenvalue weighted by Crippen LogP contribution is 2.21. The molecule has 0 spiro atoms. The van der Waals surface area contributed by atoms with Gasteiger partial charge in [0.15, 0.2) is 5.03 Å². The molecule has 1 heterocycles. The van der Waals surface area contributed by atoms with Crippen LogP contribution in [0.4, 0.5) is 14.5 Å². The summed E-state index contributed by atoms with van der Waals surface area (Å²) in [5.74, 6) is -1.05. The molecule has 0 unspecified atom stereocenters. The van der Waals surface area contributed by atoms with Crippen LogP contribution < -0.4 is 4.72 Å². The van der Waals surface area contributed by atoms with Gasteiger partial charge in [0, 0.05) is 12.5 Å². The van der Waals surface area contributed by atoms with E-state index in [1.165, 1.54) is 6.92 Å². The number of rotatable bonds is 4. The van der Waals surface area contributed by atoms with E-state index in [0.29, 0.717) is 12.2 Å². The van der Waals surface area contributed by atoms with Crippen molar-refractivity contribution in [2.24, 2.45) is 0 Å². The van der Waals surface area contributed by atoms with Gasteiger partial charge in [-0.3, -0.25) is 4.72 Å². The third kappa shape index (κ3) is 2.79. The first-order valence-corrected chi connectivity index (χ1v) is 7.34. The zero-order valence-electron chi connectivity index (χ0n) is 10.9. The molecule has 1 aromatic carbocycles. The molecule has 0 aliphatic carbocycles. The smallest absolute Gasteiger partial charge is 0.279 e. The van der Waals surface area contributed by atoms with Crippen LogP contribution in [0, 0.1) is 18.6 Å². The predicted molar refractivity (Wildman–Crippen MR) is 69.9 cm³/mol. The fourth-order valence-electron chi connectivity index (χ4n) is 1.58. The fraction of sp³-hybridized carbons (Fsp3) is 0.250. The van der Waals surface area contributed by atoms with E-state index in [0.717, 1.165) is 18.3 Å². The number of aromatic amines is 1. The van der Waals surface area contributed by atoms with Crippen LogP contribution in [0.3, 0.4) is 0 Å². The molecule has 0 saturated heterocycles. The van der Waals surface area contributed by atoms with Crippen LogP contribution in [-0.2, 0) is 16.4 Å². The van der Waals surface area contributed by atoms with Crippen molar-refractivity contribution in [2.45, 2.75) is 25.3 Å². The second-order valence-corrected chi connectivity index (χ2v) is 5.89. The quantitative estimate of drug-likeness (QED) is 0.910. The summed E-state index contributed by atoms with van der Waals surface area (Å²) in [4.78, 5) is 6.45. The highest BCUT2D eigenvalue weighted by molar-refractivity contribution is 7.92. The lowest BCUT2D eigenvalue weighted by molar-refractivity contribution is 0.589. The van der Waals surface area contributed by atoms with Crippen molar-refractivity contribution in [3.05, 3.63) is 41.4 Å².